The zero-order valence-electron chi connectivity index (χ0n) is 10.6. The van der Waals surface area contributed by atoms with E-state index in [1.807, 2.05) is 0 Å². The second-order valence-electron chi connectivity index (χ2n) is 4.71. The fraction of sp³-hybridized carbons (Fsp3) is 0.286. The molecule has 0 atom stereocenters. The van der Waals surface area contributed by atoms with Gasteiger partial charge in [0.25, 0.3) is 0 Å². The normalized spacial score (nSPS) is 14.3. The zero-order valence-corrected chi connectivity index (χ0v) is 12.2. The highest BCUT2D eigenvalue weighted by atomic mass is 35.5. The summed E-state index contributed by atoms with van der Waals surface area (Å²) in [6, 6.07) is 5.95. The van der Waals surface area contributed by atoms with E-state index in [4.69, 9.17) is 27.9 Å². The molecule has 0 unspecified atom stereocenters. The van der Waals surface area contributed by atoms with Gasteiger partial charge in [0.2, 0.25) is 0 Å². The first-order valence-corrected chi connectivity index (χ1v) is 7.13. The summed E-state index contributed by atoms with van der Waals surface area (Å²) >= 11 is 11.9. The highest BCUT2D eigenvalue weighted by Gasteiger charge is 2.20. The Morgan fingerprint density at radius 1 is 1.20 bits per heavy atom. The topological polar surface area (TPSA) is 47.0 Å². The predicted molar refractivity (Wildman–Crippen MR) is 78.4 cm³/mol. The highest BCUT2D eigenvalue weighted by Crippen LogP contribution is 2.30. The molecule has 0 saturated heterocycles. The first kappa shape index (κ1) is 13.6. The lowest BCUT2D eigenvalue weighted by molar-refractivity contribution is 0.441. The third kappa shape index (κ3) is 3.60. The van der Waals surface area contributed by atoms with Gasteiger partial charge in [0.1, 0.15) is 5.75 Å². The SMILES string of the molecule is Clc1ccc(Oc2ncc(CNC3CC3)cn2)c(Cl)c1. The first-order valence-electron chi connectivity index (χ1n) is 6.38. The predicted octanol–water partition coefficient (Wildman–Crippen LogP) is 3.83. The number of halogens is 2. The summed E-state index contributed by atoms with van der Waals surface area (Å²) in [7, 11) is 0. The minimum atomic E-state index is 0.268. The molecular formula is C14H13Cl2N3O. The summed E-state index contributed by atoms with van der Waals surface area (Å²) < 4.78 is 5.52. The molecule has 2 aromatic rings. The molecule has 1 N–H and O–H groups in total. The van der Waals surface area contributed by atoms with Crippen LogP contribution in [-0.2, 0) is 6.54 Å². The Morgan fingerprint density at radius 3 is 2.60 bits per heavy atom. The second kappa shape index (κ2) is 5.95. The van der Waals surface area contributed by atoms with E-state index < -0.39 is 0 Å². The van der Waals surface area contributed by atoms with Gasteiger partial charge in [0, 0.05) is 35.6 Å². The van der Waals surface area contributed by atoms with Gasteiger partial charge in [0.05, 0.1) is 5.02 Å². The van der Waals surface area contributed by atoms with E-state index in [1.54, 1.807) is 30.6 Å². The minimum Gasteiger partial charge on any atom is -0.423 e. The van der Waals surface area contributed by atoms with Gasteiger partial charge in [-0.05, 0) is 31.0 Å². The van der Waals surface area contributed by atoms with Crippen LogP contribution in [0, 0.1) is 0 Å². The molecule has 1 saturated carbocycles. The monoisotopic (exact) mass is 309 g/mol. The van der Waals surface area contributed by atoms with Gasteiger partial charge in [-0.25, -0.2) is 9.97 Å². The van der Waals surface area contributed by atoms with Gasteiger partial charge in [-0.1, -0.05) is 23.2 Å². The van der Waals surface area contributed by atoms with E-state index in [9.17, 15) is 0 Å². The third-order valence-electron chi connectivity index (χ3n) is 2.95. The van der Waals surface area contributed by atoms with Crippen LogP contribution in [0.3, 0.4) is 0 Å². The molecule has 1 fully saturated rings. The van der Waals surface area contributed by atoms with Crippen molar-refractivity contribution in [3.05, 3.63) is 46.2 Å². The number of rotatable bonds is 5. The number of nitrogens with zero attached hydrogens (tertiary/aromatic N) is 2. The maximum absolute atomic E-state index is 6.03. The molecule has 1 aliphatic carbocycles. The van der Waals surface area contributed by atoms with E-state index >= 15 is 0 Å². The van der Waals surface area contributed by atoms with Crippen molar-refractivity contribution in [2.45, 2.75) is 25.4 Å². The van der Waals surface area contributed by atoms with Gasteiger partial charge in [0.15, 0.2) is 0 Å². The molecule has 0 spiro atoms. The summed E-state index contributed by atoms with van der Waals surface area (Å²) in [4.78, 5) is 8.34. The number of ether oxygens (including phenoxy) is 1. The van der Waals surface area contributed by atoms with E-state index in [2.05, 4.69) is 15.3 Å². The van der Waals surface area contributed by atoms with Gasteiger partial charge >= 0.3 is 6.01 Å². The van der Waals surface area contributed by atoms with Crippen molar-refractivity contribution >= 4 is 23.2 Å². The molecule has 3 rings (SSSR count). The van der Waals surface area contributed by atoms with E-state index in [-0.39, 0.29) is 6.01 Å². The fourth-order valence-electron chi connectivity index (χ4n) is 1.69. The largest absolute Gasteiger partial charge is 0.423 e. The van der Waals surface area contributed by atoms with E-state index in [1.165, 1.54) is 12.8 Å². The molecule has 1 heterocycles. The Kier molecular flexibility index (Phi) is 4.05. The molecular weight excluding hydrogens is 297 g/mol. The van der Waals surface area contributed by atoms with E-state index in [0.717, 1.165) is 12.1 Å². The third-order valence-corrected chi connectivity index (χ3v) is 3.48. The summed E-state index contributed by atoms with van der Waals surface area (Å²) in [6.45, 7) is 0.784. The summed E-state index contributed by atoms with van der Waals surface area (Å²) in [5.74, 6) is 0.486. The van der Waals surface area contributed by atoms with Crippen molar-refractivity contribution in [3.63, 3.8) is 0 Å². The average molecular weight is 310 g/mol. The van der Waals surface area contributed by atoms with Crippen LogP contribution in [0.2, 0.25) is 10.0 Å². The first-order chi connectivity index (χ1) is 9.70. The zero-order chi connectivity index (χ0) is 13.9. The molecule has 0 aliphatic heterocycles. The van der Waals surface area contributed by atoms with Gasteiger partial charge < -0.3 is 10.1 Å². The van der Waals surface area contributed by atoms with Crippen LogP contribution < -0.4 is 10.1 Å². The van der Waals surface area contributed by atoms with Crippen molar-refractivity contribution < 1.29 is 4.74 Å². The lowest BCUT2D eigenvalue weighted by Crippen LogP contribution is -2.15. The maximum atomic E-state index is 6.03. The molecule has 104 valence electrons. The number of benzene rings is 1. The smallest absolute Gasteiger partial charge is 0.321 e. The van der Waals surface area contributed by atoms with Gasteiger partial charge in [-0.2, -0.15) is 0 Å². The Balaban J connectivity index is 1.64. The molecule has 0 bridgehead atoms. The molecule has 6 heteroatoms. The van der Waals surface area contributed by atoms with Crippen LogP contribution in [0.15, 0.2) is 30.6 Å². The van der Waals surface area contributed by atoms with Crippen molar-refractivity contribution in [1.29, 1.82) is 0 Å². The summed E-state index contributed by atoms with van der Waals surface area (Å²) in [6.07, 6.45) is 6.03. The lowest BCUT2D eigenvalue weighted by Gasteiger charge is -2.07. The average Bonchev–Trinajstić information content (AvgIpc) is 3.25. The van der Waals surface area contributed by atoms with Crippen LogP contribution in [0.25, 0.3) is 0 Å². The highest BCUT2D eigenvalue weighted by molar-refractivity contribution is 6.35. The number of hydrogen-bond donors (Lipinski definition) is 1. The van der Waals surface area contributed by atoms with Gasteiger partial charge in [-0.3, -0.25) is 0 Å². The summed E-state index contributed by atoms with van der Waals surface area (Å²) in [5.41, 5.74) is 1.03. The lowest BCUT2D eigenvalue weighted by atomic mass is 10.3. The Hall–Kier alpha value is -1.36. The van der Waals surface area contributed by atoms with Crippen LogP contribution in [0.4, 0.5) is 0 Å². The van der Waals surface area contributed by atoms with Crippen molar-refractivity contribution in [2.75, 3.05) is 0 Å². The molecule has 1 aromatic carbocycles. The molecule has 20 heavy (non-hydrogen) atoms. The minimum absolute atomic E-state index is 0.268. The Bertz CT molecular complexity index is 600. The molecule has 0 amide bonds. The standard InChI is InChI=1S/C14H13Cl2N3O/c15-10-1-4-13(12(16)5-10)20-14-18-7-9(8-19-14)6-17-11-2-3-11/h1,4-5,7-8,11,17H,2-3,6H2. The van der Waals surface area contributed by atoms with Crippen molar-refractivity contribution in [3.8, 4) is 11.8 Å². The number of nitrogens with one attached hydrogen (secondary N) is 1. The molecule has 1 aromatic heterocycles. The van der Waals surface area contributed by atoms with E-state index in [0.29, 0.717) is 21.8 Å². The Labute approximate surface area is 127 Å². The van der Waals surface area contributed by atoms with Crippen LogP contribution >= 0.6 is 23.2 Å². The number of aromatic nitrogens is 2. The van der Waals surface area contributed by atoms with Crippen LogP contribution in [-0.4, -0.2) is 16.0 Å². The van der Waals surface area contributed by atoms with Crippen molar-refractivity contribution in [1.82, 2.24) is 15.3 Å². The maximum Gasteiger partial charge on any atom is 0.321 e. The Morgan fingerprint density at radius 2 is 1.95 bits per heavy atom. The quantitative estimate of drug-likeness (QED) is 0.912. The molecule has 1 aliphatic rings. The van der Waals surface area contributed by atoms with Crippen molar-refractivity contribution in [2.24, 2.45) is 0 Å². The molecule has 4 nitrogen and oxygen atoms in total. The number of hydrogen-bond acceptors (Lipinski definition) is 4. The van der Waals surface area contributed by atoms with Gasteiger partial charge in [-0.15, -0.1) is 0 Å². The van der Waals surface area contributed by atoms with Crippen LogP contribution in [0.5, 0.6) is 11.8 Å². The fourth-order valence-corrected chi connectivity index (χ4v) is 2.14. The van der Waals surface area contributed by atoms with Crippen LogP contribution in [0.1, 0.15) is 18.4 Å². The second-order valence-corrected chi connectivity index (χ2v) is 5.55. The summed E-state index contributed by atoms with van der Waals surface area (Å²) in [5, 5.41) is 4.39. The molecule has 0 radical (unpaired) electrons.